The van der Waals surface area contributed by atoms with Crippen molar-refractivity contribution in [3.05, 3.63) is 0 Å². The summed E-state index contributed by atoms with van der Waals surface area (Å²) < 4.78 is 4.56. The summed E-state index contributed by atoms with van der Waals surface area (Å²) in [6, 6.07) is 3.69. The molecule has 0 spiro atoms. The van der Waals surface area contributed by atoms with Gasteiger partial charge in [-0.3, -0.25) is 0 Å². The third-order valence-corrected chi connectivity index (χ3v) is 0.418. The number of nitrogens with zero attached hydrogens (tertiary/aromatic N) is 2. The molecule has 0 heterocycles. The fourth-order valence-electron chi connectivity index (χ4n) is 0.148. The topological polar surface area (TPSA) is 56.8 Å². The second kappa shape index (κ2) is 15.8. The standard InChI is InChI=1S/C4H7NO.C2H3N/c1-6-4-2-3-5;1-2-3/h2,4H2,1H3;1H3. The van der Waals surface area contributed by atoms with E-state index in [0.717, 1.165) is 0 Å². The zero-order valence-corrected chi connectivity index (χ0v) is 5.72. The van der Waals surface area contributed by atoms with Crippen LogP contribution in [0, 0.1) is 22.7 Å². The maximum atomic E-state index is 7.87. The van der Waals surface area contributed by atoms with Gasteiger partial charge >= 0.3 is 0 Å². The van der Waals surface area contributed by atoms with Gasteiger partial charge in [-0.05, 0) is 0 Å². The van der Waals surface area contributed by atoms with Crippen LogP contribution in [-0.4, -0.2) is 13.7 Å². The first-order valence-electron chi connectivity index (χ1n) is 2.50. The van der Waals surface area contributed by atoms with Crippen molar-refractivity contribution in [2.24, 2.45) is 0 Å². The number of rotatable bonds is 2. The molecule has 9 heavy (non-hydrogen) atoms. The van der Waals surface area contributed by atoms with Gasteiger partial charge in [0.1, 0.15) is 0 Å². The number of nitriles is 2. The highest BCUT2D eigenvalue weighted by atomic mass is 16.5. The van der Waals surface area contributed by atoms with E-state index in [4.69, 9.17) is 10.5 Å². The first-order valence-corrected chi connectivity index (χ1v) is 2.50. The average molecular weight is 126 g/mol. The predicted octanol–water partition coefficient (Wildman–Crippen LogP) is 1.08. The third kappa shape index (κ3) is 45.0. The molecule has 0 aromatic carbocycles. The van der Waals surface area contributed by atoms with Gasteiger partial charge in [0.15, 0.2) is 0 Å². The maximum absolute atomic E-state index is 7.87. The Balaban J connectivity index is 0. The van der Waals surface area contributed by atoms with Crippen LogP contribution >= 0.6 is 0 Å². The molecule has 0 rings (SSSR count). The summed E-state index contributed by atoms with van der Waals surface area (Å²) >= 11 is 0. The van der Waals surface area contributed by atoms with E-state index in [9.17, 15) is 0 Å². The fraction of sp³-hybridized carbons (Fsp3) is 0.667. The zero-order chi connectivity index (χ0) is 7.54. The van der Waals surface area contributed by atoms with Gasteiger partial charge in [-0.15, -0.1) is 0 Å². The van der Waals surface area contributed by atoms with Gasteiger partial charge in [0.05, 0.1) is 25.2 Å². The van der Waals surface area contributed by atoms with Crippen LogP contribution in [0.1, 0.15) is 13.3 Å². The molecule has 0 aliphatic rings. The molecule has 3 heteroatoms. The van der Waals surface area contributed by atoms with E-state index in [1.54, 1.807) is 13.2 Å². The van der Waals surface area contributed by atoms with Crippen LogP contribution in [0.25, 0.3) is 0 Å². The molecule has 0 aromatic heterocycles. The zero-order valence-electron chi connectivity index (χ0n) is 5.72. The molecular formula is C6H10N2O. The second-order valence-corrected chi connectivity index (χ2v) is 1.12. The van der Waals surface area contributed by atoms with Crippen LogP contribution < -0.4 is 0 Å². The van der Waals surface area contributed by atoms with Gasteiger partial charge in [0.25, 0.3) is 0 Å². The number of ether oxygens (including phenoxy) is 1. The van der Waals surface area contributed by atoms with Gasteiger partial charge in [-0.1, -0.05) is 0 Å². The molecule has 0 N–H and O–H groups in total. The molecule has 3 nitrogen and oxygen atoms in total. The summed E-state index contributed by atoms with van der Waals surface area (Å²) in [4.78, 5) is 0. The molecule has 0 unspecified atom stereocenters. The van der Waals surface area contributed by atoms with Crippen molar-refractivity contribution in [2.45, 2.75) is 13.3 Å². The Labute approximate surface area is 55.5 Å². The highest BCUT2D eigenvalue weighted by Crippen LogP contribution is 1.71. The van der Waals surface area contributed by atoms with E-state index >= 15 is 0 Å². The van der Waals surface area contributed by atoms with Crippen LogP contribution in [0.4, 0.5) is 0 Å². The SMILES string of the molecule is CC#N.COCCC#N. The lowest BCUT2D eigenvalue weighted by atomic mass is 10.5. The van der Waals surface area contributed by atoms with Crippen LogP contribution in [0.5, 0.6) is 0 Å². The van der Waals surface area contributed by atoms with Crippen molar-refractivity contribution in [1.82, 2.24) is 0 Å². The molecule has 0 amide bonds. The monoisotopic (exact) mass is 126 g/mol. The average Bonchev–Trinajstić information content (AvgIpc) is 1.86. The molecular weight excluding hydrogens is 116 g/mol. The van der Waals surface area contributed by atoms with Crippen LogP contribution in [0.3, 0.4) is 0 Å². The summed E-state index contributed by atoms with van der Waals surface area (Å²) in [5.41, 5.74) is 0. The van der Waals surface area contributed by atoms with Crippen LogP contribution in [0.2, 0.25) is 0 Å². The van der Waals surface area contributed by atoms with E-state index in [1.807, 2.05) is 6.07 Å². The molecule has 0 aromatic rings. The Hall–Kier alpha value is -1.06. The minimum absolute atomic E-state index is 0.497. The Morgan fingerprint density at radius 1 is 1.44 bits per heavy atom. The molecule has 0 atom stereocenters. The van der Waals surface area contributed by atoms with E-state index in [0.29, 0.717) is 13.0 Å². The second-order valence-electron chi connectivity index (χ2n) is 1.12. The fourth-order valence-corrected chi connectivity index (χ4v) is 0.148. The minimum atomic E-state index is 0.497. The molecule has 0 fully saturated rings. The van der Waals surface area contributed by atoms with Crippen molar-refractivity contribution in [3.63, 3.8) is 0 Å². The molecule has 50 valence electrons. The lowest BCUT2D eigenvalue weighted by molar-refractivity contribution is 0.205. The van der Waals surface area contributed by atoms with E-state index in [1.165, 1.54) is 6.92 Å². The van der Waals surface area contributed by atoms with Gasteiger partial charge in [-0.2, -0.15) is 10.5 Å². The quantitative estimate of drug-likeness (QED) is 0.520. The van der Waals surface area contributed by atoms with Crippen molar-refractivity contribution in [1.29, 1.82) is 10.5 Å². The number of methoxy groups -OCH3 is 1. The third-order valence-electron chi connectivity index (χ3n) is 0.418. The maximum Gasteiger partial charge on any atom is 0.0645 e. The van der Waals surface area contributed by atoms with Crippen molar-refractivity contribution in [2.75, 3.05) is 13.7 Å². The van der Waals surface area contributed by atoms with Gasteiger partial charge in [0, 0.05) is 14.0 Å². The Kier molecular flexibility index (Phi) is 19.0. The van der Waals surface area contributed by atoms with Crippen molar-refractivity contribution in [3.8, 4) is 12.1 Å². The summed E-state index contributed by atoms with van der Waals surface area (Å²) in [7, 11) is 1.58. The van der Waals surface area contributed by atoms with Gasteiger partial charge in [0.2, 0.25) is 0 Å². The molecule has 0 saturated carbocycles. The Morgan fingerprint density at radius 2 is 1.89 bits per heavy atom. The van der Waals surface area contributed by atoms with Gasteiger partial charge < -0.3 is 4.74 Å². The summed E-state index contributed by atoms with van der Waals surface area (Å²) in [5, 5.41) is 15.2. The highest BCUT2D eigenvalue weighted by molar-refractivity contribution is 4.66. The molecule has 0 bridgehead atoms. The van der Waals surface area contributed by atoms with E-state index in [-0.39, 0.29) is 0 Å². The molecule has 0 aliphatic carbocycles. The van der Waals surface area contributed by atoms with E-state index in [2.05, 4.69) is 4.74 Å². The molecule has 0 radical (unpaired) electrons. The first kappa shape index (κ1) is 10.8. The summed E-state index contributed by atoms with van der Waals surface area (Å²) in [5.74, 6) is 0. The summed E-state index contributed by atoms with van der Waals surface area (Å²) in [6.45, 7) is 1.98. The number of hydrogen-bond donors (Lipinski definition) is 0. The normalized spacial score (nSPS) is 5.78. The Bertz CT molecular complexity index is 109. The molecule has 0 aliphatic heterocycles. The molecule has 0 saturated heterocycles. The van der Waals surface area contributed by atoms with Gasteiger partial charge in [-0.25, -0.2) is 0 Å². The van der Waals surface area contributed by atoms with E-state index < -0.39 is 0 Å². The summed E-state index contributed by atoms with van der Waals surface area (Å²) in [6.07, 6.45) is 0.497. The number of hydrogen-bond acceptors (Lipinski definition) is 3. The lowest BCUT2D eigenvalue weighted by Gasteiger charge is -1.82. The van der Waals surface area contributed by atoms with Crippen molar-refractivity contribution >= 4 is 0 Å². The largest absolute Gasteiger partial charge is 0.384 e. The lowest BCUT2D eigenvalue weighted by Crippen LogP contribution is -1.82. The smallest absolute Gasteiger partial charge is 0.0645 e. The van der Waals surface area contributed by atoms with Crippen LogP contribution in [-0.2, 0) is 4.74 Å². The van der Waals surface area contributed by atoms with Crippen molar-refractivity contribution < 1.29 is 4.74 Å². The highest BCUT2D eigenvalue weighted by Gasteiger charge is 1.73. The van der Waals surface area contributed by atoms with Crippen LogP contribution in [0.15, 0.2) is 0 Å². The predicted molar refractivity (Wildman–Crippen MR) is 33.4 cm³/mol. The first-order chi connectivity index (χ1) is 4.33. The minimum Gasteiger partial charge on any atom is -0.384 e. The Morgan fingerprint density at radius 3 is 2.00 bits per heavy atom.